The van der Waals surface area contributed by atoms with E-state index in [1.807, 2.05) is 31.2 Å². The maximum atomic E-state index is 11.7. The lowest BCUT2D eigenvalue weighted by Gasteiger charge is -2.10. The SMILES string of the molecule is Cc1ccc(CSCC(=O)NNC(=O)Nc2ccccc2Cl)cc1. The first-order valence-corrected chi connectivity index (χ1v) is 8.81. The third-order valence-electron chi connectivity index (χ3n) is 3.06. The molecule has 2 aromatic carbocycles. The van der Waals surface area contributed by atoms with Gasteiger partial charge >= 0.3 is 6.03 Å². The van der Waals surface area contributed by atoms with Gasteiger partial charge in [0.15, 0.2) is 0 Å². The number of nitrogens with one attached hydrogen (secondary N) is 3. The molecule has 24 heavy (non-hydrogen) atoms. The highest BCUT2D eigenvalue weighted by Crippen LogP contribution is 2.19. The van der Waals surface area contributed by atoms with Crippen LogP contribution in [0.1, 0.15) is 11.1 Å². The van der Waals surface area contributed by atoms with Crippen molar-refractivity contribution in [3.63, 3.8) is 0 Å². The highest BCUT2D eigenvalue weighted by molar-refractivity contribution is 7.99. The molecule has 0 bridgehead atoms. The average molecular weight is 364 g/mol. The Balaban J connectivity index is 1.66. The molecule has 7 heteroatoms. The van der Waals surface area contributed by atoms with Crippen LogP contribution in [0.3, 0.4) is 0 Å². The first-order valence-electron chi connectivity index (χ1n) is 7.28. The van der Waals surface area contributed by atoms with Crippen molar-refractivity contribution in [2.75, 3.05) is 11.1 Å². The maximum Gasteiger partial charge on any atom is 0.337 e. The zero-order valence-electron chi connectivity index (χ0n) is 13.1. The second-order valence-electron chi connectivity index (χ2n) is 5.09. The van der Waals surface area contributed by atoms with Crippen LogP contribution in [-0.4, -0.2) is 17.7 Å². The third-order valence-corrected chi connectivity index (χ3v) is 4.39. The first-order chi connectivity index (χ1) is 11.5. The van der Waals surface area contributed by atoms with Gasteiger partial charge in [0.25, 0.3) is 0 Å². The van der Waals surface area contributed by atoms with Gasteiger partial charge in [0, 0.05) is 5.75 Å². The van der Waals surface area contributed by atoms with Crippen molar-refractivity contribution in [2.45, 2.75) is 12.7 Å². The minimum atomic E-state index is -0.556. The summed E-state index contributed by atoms with van der Waals surface area (Å²) in [7, 11) is 0. The molecule has 0 fully saturated rings. The molecule has 0 spiro atoms. The Morgan fingerprint density at radius 2 is 1.75 bits per heavy atom. The van der Waals surface area contributed by atoms with Crippen LogP contribution in [0.2, 0.25) is 5.02 Å². The molecular weight excluding hydrogens is 346 g/mol. The van der Waals surface area contributed by atoms with Crippen LogP contribution in [0.5, 0.6) is 0 Å². The van der Waals surface area contributed by atoms with Crippen LogP contribution < -0.4 is 16.2 Å². The molecule has 126 valence electrons. The molecule has 3 N–H and O–H groups in total. The summed E-state index contributed by atoms with van der Waals surface area (Å²) < 4.78 is 0. The summed E-state index contributed by atoms with van der Waals surface area (Å²) >= 11 is 7.41. The fourth-order valence-corrected chi connectivity index (χ4v) is 2.80. The van der Waals surface area contributed by atoms with E-state index in [1.165, 1.54) is 17.3 Å². The molecule has 0 unspecified atom stereocenters. The summed E-state index contributed by atoms with van der Waals surface area (Å²) in [6, 6.07) is 14.4. The van der Waals surface area contributed by atoms with Crippen LogP contribution >= 0.6 is 23.4 Å². The van der Waals surface area contributed by atoms with Crippen molar-refractivity contribution in [3.8, 4) is 0 Å². The van der Waals surface area contributed by atoms with Gasteiger partial charge in [0.2, 0.25) is 5.91 Å². The van der Waals surface area contributed by atoms with Gasteiger partial charge in [0.1, 0.15) is 0 Å². The maximum absolute atomic E-state index is 11.7. The van der Waals surface area contributed by atoms with E-state index in [1.54, 1.807) is 24.3 Å². The van der Waals surface area contributed by atoms with Crippen molar-refractivity contribution in [2.24, 2.45) is 0 Å². The lowest BCUT2D eigenvalue weighted by molar-refractivity contribution is -0.119. The Labute approximate surface area is 150 Å². The molecule has 0 aliphatic rings. The number of amides is 3. The van der Waals surface area contributed by atoms with Gasteiger partial charge in [-0.05, 0) is 24.6 Å². The average Bonchev–Trinajstić information content (AvgIpc) is 2.57. The van der Waals surface area contributed by atoms with Gasteiger partial charge < -0.3 is 5.32 Å². The molecule has 0 saturated heterocycles. The number of rotatable bonds is 5. The van der Waals surface area contributed by atoms with E-state index >= 15 is 0 Å². The number of urea groups is 1. The van der Waals surface area contributed by atoms with E-state index in [2.05, 4.69) is 16.2 Å². The van der Waals surface area contributed by atoms with E-state index in [0.29, 0.717) is 10.7 Å². The normalized spacial score (nSPS) is 10.1. The molecular formula is C17H18ClN3O2S. The van der Waals surface area contributed by atoms with Crippen LogP contribution in [0.25, 0.3) is 0 Å². The number of thioether (sulfide) groups is 1. The van der Waals surface area contributed by atoms with Crippen LogP contribution in [-0.2, 0) is 10.5 Å². The van der Waals surface area contributed by atoms with Gasteiger partial charge in [-0.1, -0.05) is 53.6 Å². The van der Waals surface area contributed by atoms with Crippen molar-refractivity contribution in [1.29, 1.82) is 0 Å². The summed E-state index contributed by atoms with van der Waals surface area (Å²) in [5.74, 6) is 0.709. The van der Waals surface area contributed by atoms with E-state index in [4.69, 9.17) is 11.6 Å². The van der Waals surface area contributed by atoms with Crippen molar-refractivity contribution >= 4 is 41.0 Å². The Morgan fingerprint density at radius 3 is 2.46 bits per heavy atom. The molecule has 0 radical (unpaired) electrons. The Bertz CT molecular complexity index is 707. The van der Waals surface area contributed by atoms with Gasteiger partial charge in [-0.3, -0.25) is 10.2 Å². The number of benzene rings is 2. The van der Waals surface area contributed by atoms with E-state index in [9.17, 15) is 9.59 Å². The van der Waals surface area contributed by atoms with Gasteiger partial charge in [-0.15, -0.1) is 11.8 Å². The third kappa shape index (κ3) is 6.14. The Morgan fingerprint density at radius 1 is 1.04 bits per heavy atom. The van der Waals surface area contributed by atoms with Gasteiger partial charge in [-0.25, -0.2) is 10.2 Å². The number of para-hydroxylation sites is 1. The van der Waals surface area contributed by atoms with Gasteiger partial charge in [0.05, 0.1) is 16.5 Å². The molecule has 3 amide bonds. The first kappa shape index (κ1) is 18.2. The van der Waals surface area contributed by atoms with Crippen LogP contribution in [0.4, 0.5) is 10.5 Å². The standard InChI is InChI=1S/C17H18ClN3O2S/c1-12-6-8-13(9-7-12)10-24-11-16(22)20-21-17(23)19-15-5-3-2-4-14(15)18/h2-9H,10-11H2,1H3,(H,20,22)(H2,19,21,23). The van der Waals surface area contributed by atoms with Crippen LogP contribution in [0, 0.1) is 6.92 Å². The van der Waals surface area contributed by atoms with Crippen molar-refractivity contribution in [3.05, 3.63) is 64.7 Å². The topological polar surface area (TPSA) is 70.2 Å². The largest absolute Gasteiger partial charge is 0.337 e. The van der Waals surface area contributed by atoms with Crippen LogP contribution in [0.15, 0.2) is 48.5 Å². The zero-order valence-corrected chi connectivity index (χ0v) is 14.7. The second kappa shape index (κ2) is 9.20. The molecule has 5 nitrogen and oxygen atoms in total. The molecule has 2 aromatic rings. The molecule has 0 aliphatic carbocycles. The number of hydrogen-bond acceptors (Lipinski definition) is 3. The fourth-order valence-electron chi connectivity index (χ4n) is 1.82. The summed E-state index contributed by atoms with van der Waals surface area (Å²) in [6.07, 6.45) is 0. The molecule has 2 rings (SSSR count). The molecule has 0 saturated carbocycles. The zero-order chi connectivity index (χ0) is 17.4. The summed E-state index contributed by atoms with van der Waals surface area (Å²) in [6.45, 7) is 2.03. The minimum absolute atomic E-state index is 0.250. The lowest BCUT2D eigenvalue weighted by atomic mass is 10.2. The monoisotopic (exact) mass is 363 g/mol. The van der Waals surface area contributed by atoms with E-state index in [-0.39, 0.29) is 11.7 Å². The number of carbonyl (C=O) groups excluding carboxylic acids is 2. The van der Waals surface area contributed by atoms with Gasteiger partial charge in [-0.2, -0.15) is 0 Å². The number of carbonyl (C=O) groups is 2. The lowest BCUT2D eigenvalue weighted by Crippen LogP contribution is -2.44. The fraction of sp³-hybridized carbons (Fsp3) is 0.176. The van der Waals surface area contributed by atoms with Crippen molar-refractivity contribution in [1.82, 2.24) is 10.9 Å². The Hall–Kier alpha value is -2.18. The number of aryl methyl sites for hydroxylation is 1. The molecule has 0 heterocycles. The smallest absolute Gasteiger partial charge is 0.305 e. The minimum Gasteiger partial charge on any atom is -0.305 e. The summed E-state index contributed by atoms with van der Waals surface area (Å²) in [5, 5.41) is 2.97. The van der Waals surface area contributed by atoms with E-state index < -0.39 is 6.03 Å². The highest BCUT2D eigenvalue weighted by Gasteiger charge is 2.07. The predicted octanol–water partition coefficient (Wildman–Crippen LogP) is 3.73. The predicted molar refractivity (Wildman–Crippen MR) is 99.1 cm³/mol. The highest BCUT2D eigenvalue weighted by atomic mass is 35.5. The molecule has 0 atom stereocenters. The van der Waals surface area contributed by atoms with E-state index in [0.717, 1.165) is 11.3 Å². The number of hydrazine groups is 1. The number of anilines is 1. The number of halogens is 1. The van der Waals surface area contributed by atoms with Crippen molar-refractivity contribution < 1.29 is 9.59 Å². The summed E-state index contributed by atoms with van der Waals surface area (Å²) in [5.41, 5.74) is 7.48. The summed E-state index contributed by atoms with van der Waals surface area (Å²) in [4.78, 5) is 23.4. The quantitative estimate of drug-likeness (QED) is 0.709. The molecule has 0 aromatic heterocycles. The molecule has 0 aliphatic heterocycles. The Kier molecular flexibility index (Phi) is 6.96. The number of hydrogen-bond donors (Lipinski definition) is 3. The second-order valence-corrected chi connectivity index (χ2v) is 6.48.